The first kappa shape index (κ1) is 24.2. The Balaban J connectivity index is 1.70. The van der Waals surface area contributed by atoms with Gasteiger partial charge in [0.05, 0.1) is 41.2 Å². The van der Waals surface area contributed by atoms with Gasteiger partial charge in [-0.3, -0.25) is 19.1 Å². The van der Waals surface area contributed by atoms with E-state index in [9.17, 15) is 23.1 Å². The first-order valence-corrected chi connectivity index (χ1v) is 13.4. The molecule has 1 unspecified atom stereocenters. The largest absolute Gasteiger partial charge is 0.392 e. The molecule has 1 atom stereocenters. The van der Waals surface area contributed by atoms with Gasteiger partial charge in [-0.15, -0.1) is 0 Å². The molecule has 1 aliphatic rings. The lowest BCUT2D eigenvalue weighted by atomic mass is 9.83. The van der Waals surface area contributed by atoms with Crippen LogP contribution in [-0.4, -0.2) is 40.1 Å². The summed E-state index contributed by atoms with van der Waals surface area (Å²) in [5.74, 6) is 0.230. The van der Waals surface area contributed by atoms with Crippen LogP contribution in [0.15, 0.2) is 52.5 Å². The van der Waals surface area contributed by atoms with E-state index in [-0.39, 0.29) is 40.2 Å². The molecule has 1 fully saturated rings. The number of carbonyl (C=O) groups is 1. The molecule has 9 heteroatoms. The molecule has 0 spiro atoms. The Morgan fingerprint density at radius 1 is 1.15 bits per heavy atom. The topological polar surface area (TPSA) is 119 Å². The number of hydrogen-bond donors (Lipinski definition) is 1. The van der Waals surface area contributed by atoms with Gasteiger partial charge in [-0.05, 0) is 42.2 Å². The van der Waals surface area contributed by atoms with Crippen LogP contribution in [0, 0.1) is 5.92 Å². The lowest BCUT2D eigenvalue weighted by molar-refractivity contribution is -0.122. The quantitative estimate of drug-likeness (QED) is 0.523. The summed E-state index contributed by atoms with van der Waals surface area (Å²) < 4.78 is 25.2. The van der Waals surface area contributed by atoms with Crippen LogP contribution in [0.4, 0.5) is 0 Å². The van der Waals surface area contributed by atoms with E-state index in [1.807, 2.05) is 0 Å². The average Bonchev–Trinajstić information content (AvgIpc) is 2.83. The maximum atomic E-state index is 13.5. The Morgan fingerprint density at radius 2 is 1.91 bits per heavy atom. The predicted octanol–water partition coefficient (Wildman–Crippen LogP) is 3.01. The van der Waals surface area contributed by atoms with Crippen molar-refractivity contribution < 1.29 is 18.3 Å². The molecule has 1 saturated carbocycles. The molecule has 4 rings (SSSR count). The molecule has 0 bridgehead atoms. The summed E-state index contributed by atoms with van der Waals surface area (Å²) in [5.41, 5.74) is 1.17. The lowest BCUT2D eigenvalue weighted by Gasteiger charge is -2.27. The summed E-state index contributed by atoms with van der Waals surface area (Å²) in [6, 6.07) is 7.02. The van der Waals surface area contributed by atoms with Crippen molar-refractivity contribution >= 4 is 26.5 Å². The van der Waals surface area contributed by atoms with Crippen LogP contribution in [0.1, 0.15) is 55.8 Å². The molecule has 0 amide bonds. The SMILES string of the molecule is CS(=O)(=O)c1ccc2c(=O)n(C(CC3CCCCC3)C(=O)Cc3ccc(CO)cn3)cnc2c1. The maximum absolute atomic E-state index is 13.5. The molecule has 0 saturated heterocycles. The standard InChI is InChI=1S/C25H29N3O5S/c1-34(32,33)20-9-10-21-22(13-20)27-16-28(25(21)31)23(11-17-5-3-2-4-6-17)24(30)12-19-8-7-18(15-29)14-26-19/h7-10,13-14,16-17,23,29H,2-6,11-12,15H2,1H3. The Morgan fingerprint density at radius 3 is 2.56 bits per heavy atom. The van der Waals surface area contributed by atoms with Crippen molar-refractivity contribution in [2.24, 2.45) is 5.92 Å². The highest BCUT2D eigenvalue weighted by atomic mass is 32.2. The van der Waals surface area contributed by atoms with Crippen molar-refractivity contribution in [2.45, 2.75) is 62.5 Å². The molecule has 2 aromatic heterocycles. The molecule has 3 aromatic rings. The summed E-state index contributed by atoms with van der Waals surface area (Å²) in [4.78, 5) is 35.6. The lowest BCUT2D eigenvalue weighted by Crippen LogP contribution is -2.33. The summed E-state index contributed by atoms with van der Waals surface area (Å²) in [5, 5.41) is 9.50. The van der Waals surface area contributed by atoms with Gasteiger partial charge in [0.1, 0.15) is 0 Å². The first-order valence-electron chi connectivity index (χ1n) is 11.5. The minimum Gasteiger partial charge on any atom is -0.392 e. The van der Waals surface area contributed by atoms with E-state index in [0.717, 1.165) is 31.9 Å². The summed E-state index contributed by atoms with van der Waals surface area (Å²) in [6.45, 7) is -0.120. The molecule has 0 aliphatic heterocycles. The van der Waals surface area contributed by atoms with Crippen LogP contribution < -0.4 is 5.56 Å². The van der Waals surface area contributed by atoms with Crippen LogP contribution in [0.25, 0.3) is 10.9 Å². The highest BCUT2D eigenvalue weighted by molar-refractivity contribution is 7.90. The minimum atomic E-state index is -3.43. The normalized spacial score (nSPS) is 15.9. The third kappa shape index (κ3) is 5.42. The van der Waals surface area contributed by atoms with Crippen molar-refractivity contribution in [3.05, 3.63) is 64.5 Å². The number of aromatic nitrogens is 3. The van der Waals surface area contributed by atoms with Gasteiger partial charge in [-0.25, -0.2) is 13.4 Å². The maximum Gasteiger partial charge on any atom is 0.261 e. The second kappa shape index (κ2) is 10.1. The van der Waals surface area contributed by atoms with Crippen molar-refractivity contribution in [1.82, 2.24) is 14.5 Å². The number of sulfone groups is 1. The van der Waals surface area contributed by atoms with Gasteiger partial charge >= 0.3 is 0 Å². The molecule has 2 heterocycles. The van der Waals surface area contributed by atoms with Crippen molar-refractivity contribution in [3.63, 3.8) is 0 Å². The number of aliphatic hydroxyl groups is 1. The van der Waals surface area contributed by atoms with Crippen LogP contribution in [-0.2, 0) is 27.7 Å². The number of aliphatic hydroxyl groups excluding tert-OH is 1. The Kier molecular flexibility index (Phi) is 7.23. The molecular formula is C25H29N3O5S. The van der Waals surface area contributed by atoms with Crippen molar-refractivity contribution in [2.75, 3.05) is 6.26 Å². The summed E-state index contributed by atoms with van der Waals surface area (Å²) >= 11 is 0. The summed E-state index contributed by atoms with van der Waals surface area (Å²) in [6.07, 6.45) is 10.1. The molecular weight excluding hydrogens is 454 g/mol. The van der Waals surface area contributed by atoms with Crippen molar-refractivity contribution in [1.29, 1.82) is 0 Å². The Labute approximate surface area is 198 Å². The highest BCUT2D eigenvalue weighted by Gasteiger charge is 2.27. The second-order valence-corrected chi connectivity index (χ2v) is 11.1. The van der Waals surface area contributed by atoms with Crippen LogP contribution in [0.3, 0.4) is 0 Å². The van der Waals surface area contributed by atoms with E-state index in [2.05, 4.69) is 9.97 Å². The van der Waals surface area contributed by atoms with Crippen LogP contribution in [0.2, 0.25) is 0 Å². The van der Waals surface area contributed by atoms with Gasteiger partial charge in [0.25, 0.3) is 5.56 Å². The van der Waals surface area contributed by atoms with Crippen LogP contribution >= 0.6 is 0 Å². The Bertz CT molecular complexity index is 1340. The molecule has 8 nitrogen and oxygen atoms in total. The minimum absolute atomic E-state index is 0.0700. The first-order chi connectivity index (χ1) is 16.3. The molecule has 1 N–H and O–H groups in total. The fourth-order valence-electron chi connectivity index (χ4n) is 4.66. The van der Waals surface area contributed by atoms with Gasteiger partial charge in [0.2, 0.25) is 0 Å². The summed E-state index contributed by atoms with van der Waals surface area (Å²) in [7, 11) is -3.43. The molecule has 34 heavy (non-hydrogen) atoms. The van der Waals surface area contributed by atoms with Gasteiger partial charge < -0.3 is 5.11 Å². The van der Waals surface area contributed by atoms with E-state index in [1.165, 1.54) is 35.5 Å². The molecule has 0 radical (unpaired) electrons. The fraction of sp³-hybridized carbons (Fsp3) is 0.440. The van der Waals surface area contributed by atoms with Gasteiger partial charge in [0.15, 0.2) is 15.6 Å². The van der Waals surface area contributed by atoms with E-state index in [0.29, 0.717) is 23.6 Å². The molecule has 180 valence electrons. The molecule has 1 aliphatic carbocycles. The highest BCUT2D eigenvalue weighted by Crippen LogP contribution is 2.31. The van der Waals surface area contributed by atoms with Crippen LogP contribution in [0.5, 0.6) is 0 Å². The number of hydrogen-bond acceptors (Lipinski definition) is 7. The van der Waals surface area contributed by atoms with E-state index >= 15 is 0 Å². The predicted molar refractivity (Wildman–Crippen MR) is 128 cm³/mol. The Hall–Kier alpha value is -2.91. The number of fused-ring (bicyclic) bond motifs is 1. The monoisotopic (exact) mass is 483 g/mol. The number of ketones is 1. The van der Waals surface area contributed by atoms with E-state index in [1.54, 1.807) is 18.3 Å². The van der Waals surface area contributed by atoms with Crippen molar-refractivity contribution in [3.8, 4) is 0 Å². The van der Waals surface area contributed by atoms with E-state index in [4.69, 9.17) is 0 Å². The zero-order chi connectivity index (χ0) is 24.3. The smallest absolute Gasteiger partial charge is 0.261 e. The van der Waals surface area contributed by atoms with Gasteiger partial charge in [-0.1, -0.05) is 38.2 Å². The van der Waals surface area contributed by atoms with E-state index < -0.39 is 15.9 Å². The third-order valence-electron chi connectivity index (χ3n) is 6.60. The van der Waals surface area contributed by atoms with Gasteiger partial charge in [-0.2, -0.15) is 0 Å². The number of benzene rings is 1. The number of pyridine rings is 1. The fourth-order valence-corrected chi connectivity index (χ4v) is 5.30. The second-order valence-electron chi connectivity index (χ2n) is 9.12. The number of Topliss-reactive ketones (excluding diaryl/α,β-unsaturated/α-hetero) is 1. The molecule has 1 aromatic carbocycles. The number of nitrogens with zero attached hydrogens (tertiary/aromatic N) is 3. The number of rotatable bonds is 8. The number of carbonyl (C=O) groups excluding carboxylic acids is 1. The zero-order valence-corrected chi connectivity index (χ0v) is 20.0. The third-order valence-corrected chi connectivity index (χ3v) is 7.71. The van der Waals surface area contributed by atoms with Gasteiger partial charge in [0, 0.05) is 18.1 Å². The zero-order valence-electron chi connectivity index (χ0n) is 19.2. The average molecular weight is 484 g/mol.